The first kappa shape index (κ1) is 13.3. The van der Waals surface area contributed by atoms with Gasteiger partial charge in [-0.3, -0.25) is 10.5 Å². The average molecular weight is 255 g/mol. The third-order valence-corrected chi connectivity index (χ3v) is 2.92. The number of esters is 1. The minimum atomic E-state index is -1.10. The summed E-state index contributed by atoms with van der Waals surface area (Å²) in [5, 5.41) is 0. The Morgan fingerprint density at radius 2 is 1.53 bits per heavy atom. The van der Waals surface area contributed by atoms with E-state index in [1.54, 1.807) is 6.92 Å². The van der Waals surface area contributed by atoms with Crippen LogP contribution in [-0.2, 0) is 15.3 Å². The van der Waals surface area contributed by atoms with Crippen LogP contribution < -0.4 is 5.73 Å². The van der Waals surface area contributed by atoms with Crippen LogP contribution in [0.1, 0.15) is 19.4 Å². The highest BCUT2D eigenvalue weighted by Crippen LogP contribution is 2.24. The fourth-order valence-corrected chi connectivity index (χ4v) is 1.98. The van der Waals surface area contributed by atoms with Gasteiger partial charge in [0.25, 0.3) is 0 Å². The van der Waals surface area contributed by atoms with Crippen molar-refractivity contribution < 1.29 is 9.53 Å². The Hall–Kier alpha value is -2.13. The van der Waals surface area contributed by atoms with Crippen molar-refractivity contribution in [2.75, 3.05) is 0 Å². The first-order valence-electron chi connectivity index (χ1n) is 6.13. The Balaban J connectivity index is 2.26. The van der Waals surface area contributed by atoms with Crippen molar-refractivity contribution in [3.8, 4) is 11.1 Å². The SMILES string of the molecule is CC(=O)OC(C)(N)c1ccc(-c2ccccc2)cc1. The van der Waals surface area contributed by atoms with Gasteiger partial charge in [-0.1, -0.05) is 54.6 Å². The van der Waals surface area contributed by atoms with Crippen LogP contribution in [0.2, 0.25) is 0 Å². The summed E-state index contributed by atoms with van der Waals surface area (Å²) >= 11 is 0. The van der Waals surface area contributed by atoms with Gasteiger partial charge in [0.15, 0.2) is 5.72 Å². The lowest BCUT2D eigenvalue weighted by Crippen LogP contribution is -2.37. The Morgan fingerprint density at radius 3 is 2.05 bits per heavy atom. The zero-order chi connectivity index (χ0) is 13.9. The largest absolute Gasteiger partial charge is 0.440 e. The molecule has 0 aliphatic rings. The second-order valence-corrected chi connectivity index (χ2v) is 4.64. The van der Waals surface area contributed by atoms with E-state index in [1.165, 1.54) is 6.92 Å². The van der Waals surface area contributed by atoms with E-state index in [0.29, 0.717) is 0 Å². The molecule has 2 rings (SSSR count). The fraction of sp³-hybridized carbons (Fsp3) is 0.188. The molecule has 0 heterocycles. The van der Waals surface area contributed by atoms with Gasteiger partial charge in [-0.25, -0.2) is 0 Å². The molecule has 2 N–H and O–H groups in total. The predicted molar refractivity (Wildman–Crippen MR) is 75.2 cm³/mol. The van der Waals surface area contributed by atoms with E-state index in [0.717, 1.165) is 16.7 Å². The van der Waals surface area contributed by atoms with Crippen molar-refractivity contribution in [3.05, 3.63) is 60.2 Å². The van der Waals surface area contributed by atoms with Crippen LogP contribution in [0.5, 0.6) is 0 Å². The molecular formula is C16H17NO2. The summed E-state index contributed by atoms with van der Waals surface area (Å²) in [7, 11) is 0. The minimum Gasteiger partial charge on any atom is -0.440 e. The van der Waals surface area contributed by atoms with Crippen LogP contribution in [0.15, 0.2) is 54.6 Å². The molecular weight excluding hydrogens is 238 g/mol. The van der Waals surface area contributed by atoms with Gasteiger partial charge >= 0.3 is 5.97 Å². The first-order valence-corrected chi connectivity index (χ1v) is 6.13. The lowest BCUT2D eigenvalue weighted by Gasteiger charge is -2.24. The number of carbonyl (C=O) groups excluding carboxylic acids is 1. The van der Waals surface area contributed by atoms with Crippen LogP contribution >= 0.6 is 0 Å². The lowest BCUT2D eigenvalue weighted by molar-refractivity contribution is -0.155. The quantitative estimate of drug-likeness (QED) is 0.677. The fourth-order valence-electron chi connectivity index (χ4n) is 1.98. The molecule has 0 spiro atoms. The van der Waals surface area contributed by atoms with E-state index >= 15 is 0 Å². The maximum absolute atomic E-state index is 11.0. The zero-order valence-corrected chi connectivity index (χ0v) is 11.1. The summed E-state index contributed by atoms with van der Waals surface area (Å²) in [5.74, 6) is -0.392. The number of nitrogens with two attached hydrogens (primary N) is 1. The molecule has 1 atom stereocenters. The maximum atomic E-state index is 11.0. The summed E-state index contributed by atoms with van der Waals surface area (Å²) in [5.41, 5.74) is 7.89. The summed E-state index contributed by atoms with van der Waals surface area (Å²) in [6, 6.07) is 17.8. The van der Waals surface area contributed by atoms with Gasteiger partial charge in [0.1, 0.15) is 0 Å². The van der Waals surface area contributed by atoms with E-state index in [4.69, 9.17) is 10.5 Å². The Bertz CT molecular complexity index is 559. The van der Waals surface area contributed by atoms with Crippen LogP contribution in [0.4, 0.5) is 0 Å². The zero-order valence-electron chi connectivity index (χ0n) is 11.1. The average Bonchev–Trinajstić information content (AvgIpc) is 2.38. The van der Waals surface area contributed by atoms with Crippen molar-refractivity contribution in [2.24, 2.45) is 5.73 Å². The van der Waals surface area contributed by atoms with E-state index in [-0.39, 0.29) is 0 Å². The maximum Gasteiger partial charge on any atom is 0.304 e. The van der Waals surface area contributed by atoms with E-state index in [2.05, 4.69) is 0 Å². The lowest BCUT2D eigenvalue weighted by atomic mass is 10.00. The van der Waals surface area contributed by atoms with Crippen molar-refractivity contribution in [1.82, 2.24) is 0 Å². The van der Waals surface area contributed by atoms with Crippen molar-refractivity contribution in [2.45, 2.75) is 19.6 Å². The van der Waals surface area contributed by atoms with Gasteiger partial charge in [0.2, 0.25) is 0 Å². The molecule has 2 aromatic carbocycles. The summed E-state index contributed by atoms with van der Waals surface area (Å²) in [4.78, 5) is 11.0. The molecule has 0 aliphatic heterocycles. The molecule has 0 aromatic heterocycles. The van der Waals surface area contributed by atoms with Crippen LogP contribution in [-0.4, -0.2) is 5.97 Å². The highest BCUT2D eigenvalue weighted by molar-refractivity contribution is 5.67. The van der Waals surface area contributed by atoms with Gasteiger partial charge < -0.3 is 4.74 Å². The Morgan fingerprint density at radius 1 is 1.00 bits per heavy atom. The van der Waals surface area contributed by atoms with E-state index in [9.17, 15) is 4.79 Å². The molecule has 3 nitrogen and oxygen atoms in total. The van der Waals surface area contributed by atoms with E-state index in [1.807, 2.05) is 54.6 Å². The normalized spacial score (nSPS) is 13.6. The summed E-state index contributed by atoms with van der Waals surface area (Å²) in [6.45, 7) is 3.02. The van der Waals surface area contributed by atoms with Gasteiger partial charge in [-0.15, -0.1) is 0 Å². The molecule has 0 aliphatic carbocycles. The third-order valence-electron chi connectivity index (χ3n) is 2.92. The summed E-state index contributed by atoms with van der Waals surface area (Å²) < 4.78 is 5.11. The molecule has 1 unspecified atom stereocenters. The number of hydrogen-bond donors (Lipinski definition) is 1. The Labute approximate surface area is 113 Å². The topological polar surface area (TPSA) is 52.3 Å². The highest BCUT2D eigenvalue weighted by Gasteiger charge is 2.24. The first-order chi connectivity index (χ1) is 8.99. The van der Waals surface area contributed by atoms with Crippen LogP contribution in [0, 0.1) is 0 Å². The monoisotopic (exact) mass is 255 g/mol. The number of carbonyl (C=O) groups is 1. The molecule has 0 saturated heterocycles. The van der Waals surface area contributed by atoms with Gasteiger partial charge in [-0.2, -0.15) is 0 Å². The molecule has 19 heavy (non-hydrogen) atoms. The van der Waals surface area contributed by atoms with Crippen molar-refractivity contribution >= 4 is 5.97 Å². The van der Waals surface area contributed by atoms with Gasteiger partial charge in [-0.05, 0) is 18.1 Å². The number of benzene rings is 2. The minimum absolute atomic E-state index is 0.392. The highest BCUT2D eigenvalue weighted by atomic mass is 16.6. The van der Waals surface area contributed by atoms with Crippen LogP contribution in [0.25, 0.3) is 11.1 Å². The Kier molecular flexibility index (Phi) is 3.67. The van der Waals surface area contributed by atoms with Crippen molar-refractivity contribution in [1.29, 1.82) is 0 Å². The standard InChI is InChI=1S/C16H17NO2/c1-12(18)19-16(2,17)15-10-8-14(9-11-15)13-6-4-3-5-7-13/h3-11H,17H2,1-2H3. The molecule has 0 saturated carbocycles. The molecule has 0 radical (unpaired) electrons. The second-order valence-electron chi connectivity index (χ2n) is 4.64. The van der Waals surface area contributed by atoms with E-state index < -0.39 is 11.7 Å². The third kappa shape index (κ3) is 3.20. The summed E-state index contributed by atoms with van der Waals surface area (Å²) in [6.07, 6.45) is 0. The predicted octanol–water partition coefficient (Wildman–Crippen LogP) is 3.05. The van der Waals surface area contributed by atoms with Crippen LogP contribution in [0.3, 0.4) is 0 Å². The number of hydrogen-bond acceptors (Lipinski definition) is 3. The van der Waals surface area contributed by atoms with Gasteiger partial charge in [0.05, 0.1) is 0 Å². The molecule has 0 amide bonds. The van der Waals surface area contributed by atoms with Gasteiger partial charge in [0, 0.05) is 12.5 Å². The molecule has 3 heteroatoms. The second kappa shape index (κ2) is 5.24. The molecule has 0 fully saturated rings. The number of ether oxygens (including phenoxy) is 1. The smallest absolute Gasteiger partial charge is 0.304 e. The molecule has 98 valence electrons. The van der Waals surface area contributed by atoms with Crippen molar-refractivity contribution in [3.63, 3.8) is 0 Å². The number of rotatable bonds is 3. The molecule has 2 aromatic rings. The molecule has 0 bridgehead atoms.